The van der Waals surface area contributed by atoms with Crippen LogP contribution in [0.1, 0.15) is 10.4 Å². The van der Waals surface area contributed by atoms with Crippen LogP contribution >= 0.6 is 0 Å². The van der Waals surface area contributed by atoms with Gasteiger partial charge in [-0.25, -0.2) is 12.8 Å². The number of aromatic amines is 1. The van der Waals surface area contributed by atoms with Crippen LogP contribution in [0.5, 0.6) is 0 Å². The van der Waals surface area contributed by atoms with Gasteiger partial charge in [0.25, 0.3) is 0 Å². The van der Waals surface area contributed by atoms with Crippen LogP contribution in [0.2, 0.25) is 0 Å². The molecule has 2 aromatic heterocycles. The van der Waals surface area contributed by atoms with Gasteiger partial charge in [0.2, 0.25) is 10.0 Å². The lowest BCUT2D eigenvalue weighted by molar-refractivity contribution is 0.112. The molecule has 2 heterocycles. The SMILES string of the molecule is CN(c1cc2oc(-c3ccc(F)cc3)c(C=O)c2cc1-c1ccc2cc[nH]c2c1)S(C)(=O)=O. The van der Waals surface area contributed by atoms with Crippen molar-refractivity contribution in [1.29, 1.82) is 0 Å². The molecule has 8 heteroatoms. The monoisotopic (exact) mass is 462 g/mol. The fourth-order valence-corrected chi connectivity index (χ4v) is 4.48. The van der Waals surface area contributed by atoms with Crippen LogP contribution in [0.25, 0.3) is 44.3 Å². The van der Waals surface area contributed by atoms with Crippen molar-refractivity contribution in [2.45, 2.75) is 0 Å². The molecular formula is C25H19FN2O4S. The maximum absolute atomic E-state index is 13.4. The zero-order chi connectivity index (χ0) is 23.3. The van der Waals surface area contributed by atoms with Gasteiger partial charge < -0.3 is 9.40 Å². The van der Waals surface area contributed by atoms with Crippen molar-refractivity contribution >= 4 is 43.9 Å². The van der Waals surface area contributed by atoms with Crippen molar-refractivity contribution < 1.29 is 22.0 Å². The lowest BCUT2D eigenvalue weighted by atomic mass is 9.98. The van der Waals surface area contributed by atoms with Gasteiger partial charge in [0.1, 0.15) is 17.2 Å². The van der Waals surface area contributed by atoms with E-state index in [1.54, 1.807) is 12.1 Å². The maximum atomic E-state index is 13.4. The molecule has 6 nitrogen and oxygen atoms in total. The molecule has 0 unspecified atom stereocenters. The lowest BCUT2D eigenvalue weighted by Gasteiger charge is -2.20. The van der Waals surface area contributed by atoms with Crippen LogP contribution in [0.15, 0.2) is 71.3 Å². The van der Waals surface area contributed by atoms with Crippen molar-refractivity contribution in [3.05, 3.63) is 78.2 Å². The van der Waals surface area contributed by atoms with Crippen LogP contribution in [-0.4, -0.2) is 33.0 Å². The quantitative estimate of drug-likeness (QED) is 0.345. The molecule has 0 fully saturated rings. The first-order valence-corrected chi connectivity index (χ1v) is 11.9. The molecule has 0 aliphatic heterocycles. The number of fused-ring (bicyclic) bond motifs is 2. The summed E-state index contributed by atoms with van der Waals surface area (Å²) >= 11 is 0. The van der Waals surface area contributed by atoms with Crippen LogP contribution in [0.3, 0.4) is 0 Å². The molecule has 0 saturated carbocycles. The molecule has 166 valence electrons. The molecule has 0 atom stereocenters. The molecule has 1 N–H and O–H groups in total. The highest BCUT2D eigenvalue weighted by atomic mass is 32.2. The molecule has 0 aliphatic carbocycles. The number of aromatic nitrogens is 1. The van der Waals surface area contributed by atoms with E-state index >= 15 is 0 Å². The first-order valence-electron chi connectivity index (χ1n) is 10.1. The zero-order valence-electron chi connectivity index (χ0n) is 17.8. The zero-order valence-corrected chi connectivity index (χ0v) is 18.6. The topological polar surface area (TPSA) is 83.4 Å². The highest BCUT2D eigenvalue weighted by Crippen LogP contribution is 2.41. The number of rotatable bonds is 5. The molecule has 0 spiro atoms. The highest BCUT2D eigenvalue weighted by Gasteiger charge is 2.23. The van der Waals surface area contributed by atoms with Crippen LogP contribution in [0.4, 0.5) is 10.1 Å². The summed E-state index contributed by atoms with van der Waals surface area (Å²) in [4.78, 5) is 15.2. The third-order valence-corrected chi connectivity index (χ3v) is 6.96. The number of nitrogens with one attached hydrogen (secondary N) is 1. The van der Waals surface area contributed by atoms with Gasteiger partial charge in [0, 0.05) is 41.3 Å². The molecule has 0 saturated heterocycles. The minimum atomic E-state index is -3.58. The summed E-state index contributed by atoms with van der Waals surface area (Å²) in [6, 6.07) is 16.7. The van der Waals surface area contributed by atoms with Gasteiger partial charge in [0.15, 0.2) is 6.29 Å². The van der Waals surface area contributed by atoms with Crippen LogP contribution in [-0.2, 0) is 10.0 Å². The molecule has 3 aromatic carbocycles. The van der Waals surface area contributed by atoms with E-state index < -0.39 is 15.8 Å². The minimum Gasteiger partial charge on any atom is -0.455 e. The van der Waals surface area contributed by atoms with E-state index in [0.29, 0.717) is 45.4 Å². The first kappa shape index (κ1) is 21.0. The average molecular weight is 463 g/mol. The Labute approximate surface area is 189 Å². The van der Waals surface area contributed by atoms with E-state index in [2.05, 4.69) is 4.98 Å². The first-order chi connectivity index (χ1) is 15.8. The number of anilines is 1. The Hall–Kier alpha value is -3.91. The summed E-state index contributed by atoms with van der Waals surface area (Å²) in [6.45, 7) is 0. The Morgan fingerprint density at radius 2 is 1.73 bits per heavy atom. The van der Waals surface area contributed by atoms with E-state index in [1.165, 1.54) is 35.6 Å². The number of aldehydes is 1. The van der Waals surface area contributed by atoms with Crippen molar-refractivity contribution in [2.75, 3.05) is 17.6 Å². The summed E-state index contributed by atoms with van der Waals surface area (Å²) in [6.07, 6.45) is 3.65. The standard InChI is InChI=1S/C25H19FN2O4S/c1-28(33(2,30)31)23-13-24-20(12-19(23)17-4-3-15-9-10-27-22(15)11-17)21(14-29)25(32-24)16-5-7-18(26)8-6-16/h3-14,27H,1-2H3. The Balaban J connectivity index is 1.81. The fraction of sp³-hybridized carbons (Fsp3) is 0.0800. The second-order valence-corrected chi connectivity index (χ2v) is 9.86. The predicted octanol–water partition coefficient (Wildman–Crippen LogP) is 5.60. The molecule has 0 bridgehead atoms. The number of furan rings is 1. The van der Waals surface area contributed by atoms with E-state index in [1.807, 2.05) is 30.5 Å². The van der Waals surface area contributed by atoms with E-state index in [4.69, 9.17) is 4.42 Å². The molecule has 0 amide bonds. The molecule has 33 heavy (non-hydrogen) atoms. The number of carbonyl (C=O) groups is 1. The number of hydrogen-bond donors (Lipinski definition) is 1. The van der Waals surface area contributed by atoms with Crippen molar-refractivity contribution in [2.24, 2.45) is 0 Å². The Kier molecular flexibility index (Phi) is 4.83. The Morgan fingerprint density at radius 1 is 1.00 bits per heavy atom. The predicted molar refractivity (Wildman–Crippen MR) is 128 cm³/mol. The fourth-order valence-electron chi connectivity index (χ4n) is 3.97. The Bertz CT molecular complexity index is 1630. The molecule has 5 aromatic rings. The maximum Gasteiger partial charge on any atom is 0.232 e. The highest BCUT2D eigenvalue weighted by molar-refractivity contribution is 7.92. The third-order valence-electron chi connectivity index (χ3n) is 5.77. The van der Waals surface area contributed by atoms with E-state index in [9.17, 15) is 17.6 Å². The van der Waals surface area contributed by atoms with E-state index in [0.717, 1.165) is 22.7 Å². The van der Waals surface area contributed by atoms with Crippen molar-refractivity contribution in [1.82, 2.24) is 4.98 Å². The van der Waals surface area contributed by atoms with Gasteiger partial charge in [-0.3, -0.25) is 9.10 Å². The van der Waals surface area contributed by atoms with Crippen LogP contribution < -0.4 is 4.31 Å². The second kappa shape index (κ2) is 7.60. The normalized spacial score (nSPS) is 11.8. The van der Waals surface area contributed by atoms with Crippen molar-refractivity contribution in [3.8, 4) is 22.5 Å². The smallest absolute Gasteiger partial charge is 0.232 e. The molecule has 5 rings (SSSR count). The number of nitrogens with zero attached hydrogens (tertiary/aromatic N) is 1. The number of H-pyrrole nitrogens is 1. The van der Waals surface area contributed by atoms with Gasteiger partial charge in [0.05, 0.1) is 17.5 Å². The largest absolute Gasteiger partial charge is 0.455 e. The third kappa shape index (κ3) is 3.58. The summed E-state index contributed by atoms with van der Waals surface area (Å²) in [7, 11) is -2.11. The molecule has 0 radical (unpaired) electrons. The summed E-state index contributed by atoms with van der Waals surface area (Å²) in [5.74, 6) is -0.105. The number of benzene rings is 3. The second-order valence-electron chi connectivity index (χ2n) is 7.85. The molecular weight excluding hydrogens is 443 g/mol. The minimum absolute atomic E-state index is 0.296. The molecule has 0 aliphatic rings. The number of sulfonamides is 1. The summed E-state index contributed by atoms with van der Waals surface area (Å²) < 4.78 is 45.4. The van der Waals surface area contributed by atoms with Gasteiger partial charge in [-0.2, -0.15) is 0 Å². The summed E-state index contributed by atoms with van der Waals surface area (Å²) in [5.41, 5.74) is 3.92. The van der Waals surface area contributed by atoms with Crippen LogP contribution in [0, 0.1) is 5.82 Å². The number of halogens is 1. The van der Waals surface area contributed by atoms with Gasteiger partial charge in [-0.1, -0.05) is 12.1 Å². The summed E-state index contributed by atoms with van der Waals surface area (Å²) in [5, 5.41) is 1.56. The van der Waals surface area contributed by atoms with Gasteiger partial charge >= 0.3 is 0 Å². The van der Waals surface area contributed by atoms with Crippen molar-refractivity contribution in [3.63, 3.8) is 0 Å². The average Bonchev–Trinajstić information content (AvgIpc) is 3.40. The number of carbonyl (C=O) groups excluding carboxylic acids is 1. The van der Waals surface area contributed by atoms with Gasteiger partial charge in [-0.15, -0.1) is 0 Å². The number of hydrogen-bond acceptors (Lipinski definition) is 4. The Morgan fingerprint density at radius 3 is 2.42 bits per heavy atom. The van der Waals surface area contributed by atoms with E-state index in [-0.39, 0.29) is 0 Å². The lowest BCUT2D eigenvalue weighted by Crippen LogP contribution is -2.25. The van der Waals surface area contributed by atoms with Gasteiger partial charge in [-0.05, 0) is 53.4 Å².